The second-order valence-electron chi connectivity index (χ2n) is 3.34. The van der Waals surface area contributed by atoms with Crippen molar-refractivity contribution in [1.82, 2.24) is 0 Å². The molecule has 13 heavy (non-hydrogen) atoms. The lowest BCUT2D eigenvalue weighted by Crippen LogP contribution is -2.56. The summed E-state index contributed by atoms with van der Waals surface area (Å²) in [5, 5.41) is 0. The summed E-state index contributed by atoms with van der Waals surface area (Å²) in [5.41, 5.74) is 6.12. The molecular formula is C9H23NO2Si. The molecule has 1 unspecified atom stereocenters. The second kappa shape index (κ2) is 6.54. The molecule has 0 aromatic rings. The van der Waals surface area contributed by atoms with E-state index < -0.39 is 8.56 Å². The molecule has 0 aliphatic heterocycles. The molecule has 1 atom stereocenters. The van der Waals surface area contributed by atoms with Gasteiger partial charge in [-0.2, -0.15) is 0 Å². The Kier molecular flexibility index (Phi) is 6.58. The molecule has 0 aliphatic rings. The molecule has 3 nitrogen and oxygen atoms in total. The number of nitrogens with two attached hydrogens (primary N) is 1. The highest BCUT2D eigenvalue weighted by atomic mass is 28.4. The van der Waals surface area contributed by atoms with Gasteiger partial charge in [-0.15, -0.1) is 0 Å². The normalized spacial score (nSPS) is 14.5. The van der Waals surface area contributed by atoms with Crippen molar-refractivity contribution < 1.29 is 8.85 Å². The predicted molar refractivity (Wildman–Crippen MR) is 57.8 cm³/mol. The smallest absolute Gasteiger partial charge is 0.354 e. The van der Waals surface area contributed by atoms with Crippen molar-refractivity contribution in [3.63, 3.8) is 0 Å². The van der Waals surface area contributed by atoms with Crippen LogP contribution < -0.4 is 5.73 Å². The van der Waals surface area contributed by atoms with E-state index in [1.54, 1.807) is 14.2 Å². The summed E-state index contributed by atoms with van der Waals surface area (Å²) in [6.07, 6.45) is 3.23. The van der Waals surface area contributed by atoms with E-state index in [2.05, 4.69) is 13.8 Å². The minimum Gasteiger partial charge on any atom is -0.397 e. The minimum absolute atomic E-state index is 0.0917. The summed E-state index contributed by atoms with van der Waals surface area (Å²) in [6.45, 7) is 4.25. The maximum Gasteiger partial charge on any atom is 0.354 e. The first kappa shape index (κ1) is 13.1. The first-order chi connectivity index (χ1) is 6.16. The Bertz CT molecular complexity index is 129. The van der Waals surface area contributed by atoms with E-state index in [1.807, 2.05) is 0 Å². The zero-order chi connectivity index (χ0) is 10.3. The fourth-order valence-electron chi connectivity index (χ4n) is 1.51. The minimum atomic E-state index is -2.09. The number of hydrogen-bond donors (Lipinski definition) is 1. The van der Waals surface area contributed by atoms with E-state index in [0.717, 1.165) is 25.3 Å². The summed E-state index contributed by atoms with van der Waals surface area (Å²) in [4.78, 5) is 0. The Balaban J connectivity index is 4.29. The molecule has 80 valence electrons. The lowest BCUT2D eigenvalue weighted by Gasteiger charge is -2.32. The van der Waals surface area contributed by atoms with E-state index in [4.69, 9.17) is 14.6 Å². The highest BCUT2D eigenvalue weighted by molar-refractivity contribution is 6.69. The van der Waals surface area contributed by atoms with E-state index in [1.165, 1.54) is 0 Å². The molecule has 0 aromatic carbocycles. The van der Waals surface area contributed by atoms with E-state index in [-0.39, 0.29) is 5.67 Å². The molecule has 0 saturated carbocycles. The molecule has 0 aromatic heterocycles. The van der Waals surface area contributed by atoms with E-state index in [9.17, 15) is 0 Å². The van der Waals surface area contributed by atoms with Crippen molar-refractivity contribution in [3.05, 3.63) is 0 Å². The Morgan fingerprint density at radius 1 is 1.23 bits per heavy atom. The van der Waals surface area contributed by atoms with Gasteiger partial charge in [0.2, 0.25) is 0 Å². The van der Waals surface area contributed by atoms with Crippen molar-refractivity contribution in [1.29, 1.82) is 0 Å². The molecule has 0 rings (SSSR count). The van der Waals surface area contributed by atoms with Crippen LogP contribution in [0, 0.1) is 0 Å². The summed E-state index contributed by atoms with van der Waals surface area (Å²) in [7, 11) is 1.36. The van der Waals surface area contributed by atoms with Gasteiger partial charge in [-0.3, -0.25) is 0 Å². The van der Waals surface area contributed by atoms with Gasteiger partial charge < -0.3 is 14.6 Å². The molecule has 0 radical (unpaired) electrons. The van der Waals surface area contributed by atoms with Gasteiger partial charge in [-0.05, 0) is 12.5 Å². The zero-order valence-corrected chi connectivity index (χ0v) is 10.3. The van der Waals surface area contributed by atoms with Gasteiger partial charge in [-0.25, -0.2) is 0 Å². The summed E-state index contributed by atoms with van der Waals surface area (Å²) in [5.74, 6) is 0. The van der Waals surface area contributed by atoms with Gasteiger partial charge in [-0.1, -0.05) is 26.7 Å². The Labute approximate surface area is 82.9 Å². The summed E-state index contributed by atoms with van der Waals surface area (Å²) < 4.78 is 11.1. The van der Waals surface area contributed by atoms with Crippen LogP contribution in [0.3, 0.4) is 0 Å². The van der Waals surface area contributed by atoms with Crippen molar-refractivity contribution in [2.45, 2.75) is 44.8 Å². The van der Waals surface area contributed by atoms with Gasteiger partial charge in [0.15, 0.2) is 0 Å². The lowest BCUT2D eigenvalue weighted by atomic mass is 10.4. The molecule has 0 amide bonds. The summed E-state index contributed by atoms with van der Waals surface area (Å²) >= 11 is 0. The van der Waals surface area contributed by atoms with E-state index >= 15 is 0 Å². The van der Waals surface area contributed by atoms with Gasteiger partial charge in [0.05, 0.1) is 0 Å². The highest BCUT2D eigenvalue weighted by Crippen LogP contribution is 2.20. The lowest BCUT2D eigenvalue weighted by molar-refractivity contribution is 0.227. The molecule has 0 spiro atoms. The van der Waals surface area contributed by atoms with Crippen LogP contribution in [-0.4, -0.2) is 28.4 Å². The van der Waals surface area contributed by atoms with Gasteiger partial charge in [0.25, 0.3) is 0 Å². The van der Waals surface area contributed by atoms with Crippen molar-refractivity contribution in [3.8, 4) is 0 Å². The molecule has 0 saturated heterocycles. The largest absolute Gasteiger partial charge is 0.397 e. The van der Waals surface area contributed by atoms with Crippen molar-refractivity contribution >= 4 is 8.56 Å². The molecular weight excluding hydrogens is 182 g/mol. The van der Waals surface area contributed by atoms with Crippen LogP contribution in [0.25, 0.3) is 0 Å². The monoisotopic (exact) mass is 205 g/mol. The third kappa shape index (κ3) is 3.38. The van der Waals surface area contributed by atoms with E-state index in [0.29, 0.717) is 0 Å². The number of rotatable bonds is 7. The van der Waals surface area contributed by atoms with Crippen LogP contribution in [0.5, 0.6) is 0 Å². The maximum absolute atomic E-state index is 6.03. The first-order valence-corrected chi connectivity index (χ1v) is 7.12. The molecule has 0 heterocycles. The fourth-order valence-corrected chi connectivity index (χ4v) is 4.53. The topological polar surface area (TPSA) is 44.5 Å². The van der Waals surface area contributed by atoms with Crippen molar-refractivity contribution in [2.24, 2.45) is 5.73 Å². The number of unbranched alkanes of at least 4 members (excludes halogenated alkanes) is 1. The standard InChI is InChI=1S/C9H23NO2Si/c1-5-7-8-13(11-3,12-4)9(10)6-2/h9H,5-8,10H2,1-4H3. The summed E-state index contributed by atoms with van der Waals surface area (Å²) in [6, 6.07) is 1.01. The molecule has 2 N–H and O–H groups in total. The predicted octanol–water partition coefficient (Wildman–Crippen LogP) is 1.80. The highest BCUT2D eigenvalue weighted by Gasteiger charge is 2.40. The van der Waals surface area contributed by atoms with Crippen molar-refractivity contribution in [2.75, 3.05) is 14.2 Å². The Hall–Kier alpha value is 0.0969. The van der Waals surface area contributed by atoms with Gasteiger partial charge in [0, 0.05) is 19.9 Å². The van der Waals surface area contributed by atoms with Crippen LogP contribution in [0.1, 0.15) is 33.1 Å². The third-order valence-electron chi connectivity index (χ3n) is 2.57. The maximum atomic E-state index is 6.03. The van der Waals surface area contributed by atoms with Gasteiger partial charge >= 0.3 is 8.56 Å². The first-order valence-electron chi connectivity index (χ1n) is 5.02. The molecule has 0 fully saturated rings. The van der Waals surface area contributed by atoms with Crippen LogP contribution in [0.15, 0.2) is 0 Å². The Morgan fingerprint density at radius 2 is 1.77 bits per heavy atom. The molecule has 0 bridgehead atoms. The Morgan fingerprint density at radius 3 is 2.08 bits per heavy atom. The molecule has 4 heteroatoms. The molecule has 0 aliphatic carbocycles. The van der Waals surface area contributed by atoms with Crippen LogP contribution in [-0.2, 0) is 8.85 Å². The third-order valence-corrected chi connectivity index (χ3v) is 6.55. The zero-order valence-electron chi connectivity index (χ0n) is 9.30. The number of hydrogen-bond acceptors (Lipinski definition) is 3. The average Bonchev–Trinajstić information content (AvgIpc) is 2.19. The van der Waals surface area contributed by atoms with Crippen LogP contribution >= 0.6 is 0 Å². The van der Waals surface area contributed by atoms with Crippen LogP contribution in [0.2, 0.25) is 6.04 Å². The van der Waals surface area contributed by atoms with Gasteiger partial charge in [0.1, 0.15) is 0 Å². The second-order valence-corrected chi connectivity index (χ2v) is 7.02. The average molecular weight is 205 g/mol. The fraction of sp³-hybridized carbons (Fsp3) is 1.00. The SMILES string of the molecule is CCCC[Si](OC)(OC)C(N)CC. The van der Waals surface area contributed by atoms with Crippen LogP contribution in [0.4, 0.5) is 0 Å². The quantitative estimate of drug-likeness (QED) is 0.645.